The molecule has 0 radical (unpaired) electrons. The van der Waals surface area contributed by atoms with Crippen molar-refractivity contribution >= 4 is 22.7 Å². The predicted molar refractivity (Wildman–Crippen MR) is 148 cm³/mol. The molecule has 0 bridgehead atoms. The van der Waals surface area contributed by atoms with Crippen LogP contribution >= 0.6 is 0 Å². The Hall–Kier alpha value is -4.08. The van der Waals surface area contributed by atoms with Gasteiger partial charge in [-0.25, -0.2) is 18.2 Å². The summed E-state index contributed by atoms with van der Waals surface area (Å²) in [4.78, 5) is 22.9. The summed E-state index contributed by atoms with van der Waals surface area (Å²) in [5, 5.41) is 9.98. The summed E-state index contributed by atoms with van der Waals surface area (Å²) < 4.78 is 50.0. The smallest absolute Gasteiger partial charge is 0.307 e. The summed E-state index contributed by atoms with van der Waals surface area (Å²) in [5.74, 6) is -3.83. The number of rotatable bonds is 8. The van der Waals surface area contributed by atoms with Gasteiger partial charge in [-0.15, -0.1) is 0 Å². The number of carboxylic acids is 1. The number of alkyl halides is 2. The van der Waals surface area contributed by atoms with Crippen LogP contribution in [0.2, 0.25) is 0 Å². The fourth-order valence-electron chi connectivity index (χ4n) is 5.86. The Morgan fingerprint density at radius 1 is 1.10 bits per heavy atom. The standard InChI is InChI=1S/C31H31F3N4O3/c1-19-6-8-21(35-14-19)16-41-23-10-11-27-28(13-23)38(29(36-27)24-4-2-3-5-25(24)30(39)40)15-20-7-9-22(12-26(20)32)37-17-31(33,34)18-37/h6-14,24-25H,2-5,15-18H2,1H3,(H,39,40)/t24-,25?/m0/s1. The van der Waals surface area contributed by atoms with E-state index in [0.717, 1.165) is 24.1 Å². The molecule has 1 saturated carbocycles. The number of fused-ring (bicyclic) bond motifs is 1. The fourth-order valence-corrected chi connectivity index (χ4v) is 5.86. The van der Waals surface area contributed by atoms with Gasteiger partial charge in [-0.1, -0.05) is 25.0 Å². The molecule has 4 aromatic rings. The molecule has 2 atom stereocenters. The van der Waals surface area contributed by atoms with E-state index in [2.05, 4.69) is 4.98 Å². The maximum Gasteiger partial charge on any atom is 0.307 e. The summed E-state index contributed by atoms with van der Waals surface area (Å²) in [6.45, 7) is 1.48. The van der Waals surface area contributed by atoms with Gasteiger partial charge in [0.2, 0.25) is 0 Å². The lowest BCUT2D eigenvalue weighted by molar-refractivity contribution is -0.143. The normalized spacial score (nSPS) is 20.1. The van der Waals surface area contributed by atoms with Crippen LogP contribution in [0.25, 0.3) is 11.0 Å². The van der Waals surface area contributed by atoms with Crippen molar-refractivity contribution in [1.82, 2.24) is 14.5 Å². The van der Waals surface area contributed by atoms with Crippen LogP contribution in [0.4, 0.5) is 18.9 Å². The van der Waals surface area contributed by atoms with Crippen LogP contribution in [0.5, 0.6) is 5.75 Å². The van der Waals surface area contributed by atoms with E-state index >= 15 is 4.39 Å². The monoisotopic (exact) mass is 564 g/mol. The minimum Gasteiger partial charge on any atom is -0.487 e. The number of aromatic nitrogens is 3. The molecule has 1 saturated heterocycles. The second kappa shape index (κ2) is 10.7. The van der Waals surface area contributed by atoms with Crippen molar-refractivity contribution in [1.29, 1.82) is 0 Å². The van der Waals surface area contributed by atoms with E-state index in [1.54, 1.807) is 18.3 Å². The molecule has 10 heteroatoms. The Morgan fingerprint density at radius 3 is 2.61 bits per heavy atom. The highest BCUT2D eigenvalue weighted by Crippen LogP contribution is 2.40. The molecule has 2 aromatic heterocycles. The molecule has 7 nitrogen and oxygen atoms in total. The Bertz CT molecular complexity index is 1580. The van der Waals surface area contributed by atoms with Crippen molar-refractivity contribution in [3.05, 3.63) is 83.2 Å². The van der Waals surface area contributed by atoms with Gasteiger partial charge in [-0.3, -0.25) is 9.78 Å². The van der Waals surface area contributed by atoms with E-state index in [1.165, 1.54) is 11.0 Å². The number of carboxylic acid groups (broad SMARTS) is 1. The lowest BCUT2D eigenvalue weighted by Crippen LogP contribution is -2.56. The van der Waals surface area contributed by atoms with Crippen molar-refractivity contribution in [2.24, 2.45) is 5.92 Å². The maximum atomic E-state index is 15.4. The number of benzene rings is 2. The van der Waals surface area contributed by atoms with E-state index < -0.39 is 36.7 Å². The zero-order valence-electron chi connectivity index (χ0n) is 22.7. The molecule has 2 aliphatic rings. The number of imidazole rings is 1. The van der Waals surface area contributed by atoms with E-state index in [9.17, 15) is 18.7 Å². The van der Waals surface area contributed by atoms with E-state index in [1.807, 2.05) is 41.8 Å². The van der Waals surface area contributed by atoms with Crippen LogP contribution in [-0.4, -0.2) is 44.6 Å². The van der Waals surface area contributed by atoms with Crippen molar-refractivity contribution in [3.63, 3.8) is 0 Å². The van der Waals surface area contributed by atoms with Gasteiger partial charge in [0, 0.05) is 29.4 Å². The highest BCUT2D eigenvalue weighted by atomic mass is 19.3. The van der Waals surface area contributed by atoms with Crippen molar-refractivity contribution < 1.29 is 27.8 Å². The second-order valence-corrected chi connectivity index (χ2v) is 11.1. The molecule has 0 amide bonds. The predicted octanol–water partition coefficient (Wildman–Crippen LogP) is 6.32. The minimum absolute atomic E-state index is 0.111. The van der Waals surface area contributed by atoms with Gasteiger partial charge < -0.3 is 19.3 Å². The molecule has 1 N–H and O–H groups in total. The van der Waals surface area contributed by atoms with Crippen LogP contribution in [0, 0.1) is 18.7 Å². The molecule has 1 aliphatic carbocycles. The third kappa shape index (κ3) is 5.60. The average Bonchev–Trinajstić information content (AvgIpc) is 3.29. The van der Waals surface area contributed by atoms with Crippen LogP contribution < -0.4 is 9.64 Å². The fraction of sp³-hybridized carbons (Fsp3) is 0.387. The van der Waals surface area contributed by atoms with Crippen molar-refractivity contribution in [2.75, 3.05) is 18.0 Å². The summed E-state index contributed by atoms with van der Waals surface area (Å²) in [6, 6.07) is 13.9. The third-order valence-electron chi connectivity index (χ3n) is 8.10. The van der Waals surface area contributed by atoms with Crippen molar-refractivity contribution in [3.8, 4) is 5.75 Å². The first-order valence-corrected chi connectivity index (χ1v) is 13.9. The Labute approximate surface area is 235 Å². The molecule has 2 aromatic carbocycles. The van der Waals surface area contributed by atoms with Gasteiger partial charge in [-0.05, 0) is 55.7 Å². The van der Waals surface area contributed by atoms with E-state index in [0.29, 0.717) is 46.7 Å². The highest BCUT2D eigenvalue weighted by Gasteiger charge is 2.44. The largest absolute Gasteiger partial charge is 0.487 e. The van der Waals surface area contributed by atoms with Crippen LogP contribution in [-0.2, 0) is 17.9 Å². The number of ether oxygens (including phenoxy) is 1. The minimum atomic E-state index is -2.75. The number of aliphatic carboxylic acids is 1. The summed E-state index contributed by atoms with van der Waals surface area (Å²) in [5.41, 5.74) is 3.96. The molecule has 1 aliphatic heterocycles. The molecule has 0 spiro atoms. The molecule has 1 unspecified atom stereocenters. The molecule has 6 rings (SSSR count). The first-order valence-electron chi connectivity index (χ1n) is 13.9. The lowest BCUT2D eigenvalue weighted by atomic mass is 9.78. The quantitative estimate of drug-likeness (QED) is 0.270. The Balaban J connectivity index is 1.35. The topological polar surface area (TPSA) is 80.5 Å². The van der Waals surface area contributed by atoms with Crippen LogP contribution in [0.3, 0.4) is 0 Å². The van der Waals surface area contributed by atoms with Crippen molar-refractivity contribution in [2.45, 2.75) is 57.6 Å². The van der Waals surface area contributed by atoms with Gasteiger partial charge in [0.1, 0.15) is 24.0 Å². The number of nitrogens with zero attached hydrogens (tertiary/aromatic N) is 4. The molecule has 3 heterocycles. The molecule has 41 heavy (non-hydrogen) atoms. The van der Waals surface area contributed by atoms with Gasteiger partial charge in [-0.2, -0.15) is 0 Å². The SMILES string of the molecule is Cc1ccc(COc2ccc3nc([C@H]4CCCCC4C(=O)O)n(Cc4ccc(N5CC(F)(F)C5)cc4F)c3c2)nc1. The van der Waals surface area contributed by atoms with Gasteiger partial charge in [0.05, 0.1) is 42.3 Å². The Morgan fingerprint density at radius 2 is 1.90 bits per heavy atom. The number of anilines is 1. The van der Waals surface area contributed by atoms with Crippen LogP contribution in [0.15, 0.2) is 54.7 Å². The van der Waals surface area contributed by atoms with Gasteiger partial charge in [0.25, 0.3) is 5.92 Å². The second-order valence-electron chi connectivity index (χ2n) is 11.1. The maximum absolute atomic E-state index is 15.4. The third-order valence-corrected chi connectivity index (χ3v) is 8.10. The molecular weight excluding hydrogens is 533 g/mol. The van der Waals surface area contributed by atoms with E-state index in [4.69, 9.17) is 9.72 Å². The molecule has 214 valence electrons. The zero-order valence-corrected chi connectivity index (χ0v) is 22.7. The molecular formula is C31H31F3N4O3. The van der Waals surface area contributed by atoms with E-state index in [-0.39, 0.29) is 19.1 Å². The number of hydrogen-bond donors (Lipinski definition) is 1. The molecule has 2 fully saturated rings. The number of halogens is 3. The number of carbonyl (C=O) groups is 1. The number of pyridine rings is 1. The number of aryl methyl sites for hydroxylation is 1. The summed E-state index contributed by atoms with van der Waals surface area (Å²) in [6.07, 6.45) is 4.74. The van der Waals surface area contributed by atoms with Crippen LogP contribution in [0.1, 0.15) is 54.2 Å². The highest BCUT2D eigenvalue weighted by molar-refractivity contribution is 5.79. The number of hydrogen-bond acceptors (Lipinski definition) is 5. The zero-order chi connectivity index (χ0) is 28.7. The lowest BCUT2D eigenvalue weighted by Gasteiger charge is -2.40. The van der Waals surface area contributed by atoms with Gasteiger partial charge in [0.15, 0.2) is 0 Å². The van der Waals surface area contributed by atoms with Gasteiger partial charge >= 0.3 is 5.97 Å². The summed E-state index contributed by atoms with van der Waals surface area (Å²) >= 11 is 0. The first kappa shape index (κ1) is 27.1. The first-order chi connectivity index (χ1) is 19.7. The Kier molecular flexibility index (Phi) is 7.09. The summed E-state index contributed by atoms with van der Waals surface area (Å²) in [7, 11) is 0. The average molecular weight is 565 g/mol.